The van der Waals surface area contributed by atoms with Crippen LogP contribution in [0.25, 0.3) is 0 Å². The molecule has 2 atom stereocenters. The molecule has 116 valence electrons. The molecule has 0 bridgehead atoms. The number of carbonyl (C=O) groups is 1. The van der Waals surface area contributed by atoms with Crippen molar-refractivity contribution in [2.45, 2.75) is 32.5 Å². The third kappa shape index (κ3) is 4.94. The average molecular weight is 325 g/mol. The van der Waals surface area contributed by atoms with Crippen molar-refractivity contribution in [3.8, 4) is 0 Å². The van der Waals surface area contributed by atoms with Gasteiger partial charge in [0.05, 0.1) is 31.5 Å². The van der Waals surface area contributed by atoms with Crippen molar-refractivity contribution in [3.05, 3.63) is 18.0 Å². The van der Waals surface area contributed by atoms with Crippen molar-refractivity contribution < 1.29 is 9.53 Å². The van der Waals surface area contributed by atoms with Gasteiger partial charge in [-0.1, -0.05) is 0 Å². The first-order chi connectivity index (χ1) is 8.56. The maximum atomic E-state index is 11.8. The average Bonchev–Trinajstić information content (AvgIpc) is 2.74. The SMILES string of the molecule is Cc1cnn(CC2CN(C(=O)[C@@H](C)N)CCO2)c1.Cl.Cl. The summed E-state index contributed by atoms with van der Waals surface area (Å²) in [5.74, 6) is -0.0139. The number of halogens is 2. The molecule has 2 N–H and O–H groups in total. The first kappa shape index (κ1) is 19.2. The number of aromatic nitrogens is 2. The van der Waals surface area contributed by atoms with E-state index >= 15 is 0 Å². The summed E-state index contributed by atoms with van der Waals surface area (Å²) in [7, 11) is 0. The lowest BCUT2D eigenvalue weighted by Gasteiger charge is -2.33. The van der Waals surface area contributed by atoms with Gasteiger partial charge in [0.1, 0.15) is 0 Å². The number of aryl methyl sites for hydroxylation is 1. The van der Waals surface area contributed by atoms with E-state index in [1.54, 1.807) is 11.8 Å². The lowest BCUT2D eigenvalue weighted by Crippen LogP contribution is -2.51. The van der Waals surface area contributed by atoms with Crippen LogP contribution in [0.2, 0.25) is 0 Å². The molecular formula is C12H22Cl2N4O2. The maximum Gasteiger partial charge on any atom is 0.239 e. The number of morpholine rings is 1. The van der Waals surface area contributed by atoms with E-state index < -0.39 is 6.04 Å². The summed E-state index contributed by atoms with van der Waals surface area (Å²) in [6, 6.07) is -0.448. The van der Waals surface area contributed by atoms with E-state index in [-0.39, 0.29) is 36.8 Å². The van der Waals surface area contributed by atoms with Crippen LogP contribution in [0.15, 0.2) is 12.4 Å². The Hall–Kier alpha value is -0.820. The molecule has 1 amide bonds. The molecule has 0 aliphatic carbocycles. The summed E-state index contributed by atoms with van der Waals surface area (Å²) in [5.41, 5.74) is 6.74. The monoisotopic (exact) mass is 324 g/mol. The molecule has 1 aromatic heterocycles. The van der Waals surface area contributed by atoms with Gasteiger partial charge in [-0.3, -0.25) is 9.48 Å². The van der Waals surface area contributed by atoms with Crippen molar-refractivity contribution in [2.75, 3.05) is 19.7 Å². The molecule has 8 heteroatoms. The van der Waals surface area contributed by atoms with E-state index in [1.807, 2.05) is 24.0 Å². The van der Waals surface area contributed by atoms with Crippen LogP contribution in [0.1, 0.15) is 12.5 Å². The topological polar surface area (TPSA) is 73.4 Å². The highest BCUT2D eigenvalue weighted by atomic mass is 35.5. The Morgan fingerprint density at radius 3 is 2.85 bits per heavy atom. The predicted octanol–water partition coefficient (Wildman–Crippen LogP) is 0.610. The van der Waals surface area contributed by atoms with Crippen LogP contribution in [-0.4, -0.2) is 52.4 Å². The third-order valence-corrected chi connectivity index (χ3v) is 2.99. The summed E-state index contributed by atoms with van der Waals surface area (Å²) in [4.78, 5) is 13.6. The summed E-state index contributed by atoms with van der Waals surface area (Å²) in [6.07, 6.45) is 3.77. The first-order valence-electron chi connectivity index (χ1n) is 6.21. The molecule has 2 heterocycles. The molecule has 1 saturated heterocycles. The van der Waals surface area contributed by atoms with E-state index in [9.17, 15) is 4.79 Å². The van der Waals surface area contributed by atoms with Crippen LogP contribution >= 0.6 is 24.8 Å². The number of nitrogens with zero attached hydrogens (tertiary/aromatic N) is 3. The quantitative estimate of drug-likeness (QED) is 0.884. The van der Waals surface area contributed by atoms with E-state index in [0.717, 1.165) is 5.56 Å². The summed E-state index contributed by atoms with van der Waals surface area (Å²) in [5, 5.41) is 4.22. The highest BCUT2D eigenvalue weighted by Crippen LogP contribution is 2.09. The van der Waals surface area contributed by atoms with Crippen LogP contribution in [-0.2, 0) is 16.1 Å². The standard InChI is InChI=1S/C12H20N4O2.2ClH/c1-9-5-14-16(6-9)8-11-7-15(3-4-18-11)12(17)10(2)13;;/h5-6,10-11H,3-4,7-8,13H2,1-2H3;2*1H/t10-,11?;;/m1../s1. The minimum Gasteiger partial charge on any atom is -0.373 e. The molecule has 1 aliphatic rings. The largest absolute Gasteiger partial charge is 0.373 e. The van der Waals surface area contributed by atoms with Crippen molar-refractivity contribution >= 4 is 30.7 Å². The third-order valence-electron chi connectivity index (χ3n) is 2.99. The molecule has 2 rings (SSSR count). The zero-order chi connectivity index (χ0) is 13.1. The molecule has 1 aliphatic heterocycles. The van der Waals surface area contributed by atoms with Gasteiger partial charge in [0, 0.05) is 19.3 Å². The summed E-state index contributed by atoms with van der Waals surface area (Å²) < 4.78 is 7.50. The number of rotatable bonds is 3. The van der Waals surface area contributed by atoms with Gasteiger partial charge in [-0.2, -0.15) is 5.10 Å². The minimum absolute atomic E-state index is 0. The van der Waals surface area contributed by atoms with Crippen molar-refractivity contribution in [3.63, 3.8) is 0 Å². The lowest BCUT2D eigenvalue weighted by atomic mass is 10.2. The molecule has 0 radical (unpaired) electrons. The number of ether oxygens (including phenoxy) is 1. The Balaban J connectivity index is 0.00000180. The van der Waals surface area contributed by atoms with E-state index in [2.05, 4.69) is 5.10 Å². The molecule has 6 nitrogen and oxygen atoms in total. The highest BCUT2D eigenvalue weighted by Gasteiger charge is 2.26. The number of carbonyl (C=O) groups excluding carboxylic acids is 1. The predicted molar refractivity (Wildman–Crippen MR) is 81.4 cm³/mol. The smallest absolute Gasteiger partial charge is 0.239 e. The van der Waals surface area contributed by atoms with Gasteiger partial charge in [-0.25, -0.2) is 0 Å². The van der Waals surface area contributed by atoms with Crippen molar-refractivity contribution in [1.82, 2.24) is 14.7 Å². The second kappa shape index (κ2) is 8.46. The van der Waals surface area contributed by atoms with Crippen LogP contribution in [0.5, 0.6) is 0 Å². The Bertz CT molecular complexity index is 425. The molecule has 1 aromatic rings. The number of hydrogen-bond acceptors (Lipinski definition) is 4. The van der Waals surface area contributed by atoms with Crippen LogP contribution < -0.4 is 5.73 Å². The van der Waals surface area contributed by atoms with Gasteiger partial charge in [0.15, 0.2) is 0 Å². The van der Waals surface area contributed by atoms with Gasteiger partial charge in [0.25, 0.3) is 0 Å². The van der Waals surface area contributed by atoms with Gasteiger partial charge in [-0.05, 0) is 19.4 Å². The van der Waals surface area contributed by atoms with E-state index in [4.69, 9.17) is 10.5 Å². The highest BCUT2D eigenvalue weighted by molar-refractivity contribution is 5.85. The van der Waals surface area contributed by atoms with Gasteiger partial charge < -0.3 is 15.4 Å². The van der Waals surface area contributed by atoms with Crippen molar-refractivity contribution in [1.29, 1.82) is 0 Å². The fourth-order valence-electron chi connectivity index (χ4n) is 2.09. The Kier molecular flexibility index (Phi) is 8.12. The molecule has 1 unspecified atom stereocenters. The lowest BCUT2D eigenvalue weighted by molar-refractivity contribution is -0.140. The molecule has 0 saturated carbocycles. The second-order valence-corrected chi connectivity index (χ2v) is 4.81. The molecule has 0 spiro atoms. The van der Waals surface area contributed by atoms with Crippen molar-refractivity contribution in [2.24, 2.45) is 5.73 Å². The van der Waals surface area contributed by atoms with Crippen LogP contribution in [0, 0.1) is 6.92 Å². The Morgan fingerprint density at radius 1 is 1.60 bits per heavy atom. The Morgan fingerprint density at radius 2 is 2.30 bits per heavy atom. The van der Waals surface area contributed by atoms with Gasteiger partial charge >= 0.3 is 0 Å². The fourth-order valence-corrected chi connectivity index (χ4v) is 2.09. The zero-order valence-corrected chi connectivity index (χ0v) is 13.3. The van der Waals surface area contributed by atoms with Gasteiger partial charge in [0.2, 0.25) is 5.91 Å². The minimum atomic E-state index is -0.448. The molecule has 1 fully saturated rings. The fraction of sp³-hybridized carbons (Fsp3) is 0.667. The van der Waals surface area contributed by atoms with E-state index in [0.29, 0.717) is 26.2 Å². The van der Waals surface area contributed by atoms with Gasteiger partial charge in [-0.15, -0.1) is 24.8 Å². The van der Waals surface area contributed by atoms with Crippen LogP contribution in [0.3, 0.4) is 0 Å². The van der Waals surface area contributed by atoms with Crippen LogP contribution in [0.4, 0.5) is 0 Å². The summed E-state index contributed by atoms with van der Waals surface area (Å²) in [6.45, 7) is 6.13. The number of amides is 1. The normalized spacial score (nSPS) is 19.8. The molecule has 0 aromatic carbocycles. The maximum absolute atomic E-state index is 11.8. The first-order valence-corrected chi connectivity index (χ1v) is 6.21. The second-order valence-electron chi connectivity index (χ2n) is 4.81. The summed E-state index contributed by atoms with van der Waals surface area (Å²) >= 11 is 0. The molecular weight excluding hydrogens is 303 g/mol. The van der Waals surface area contributed by atoms with E-state index in [1.165, 1.54) is 0 Å². The number of hydrogen-bond donors (Lipinski definition) is 1. The zero-order valence-electron chi connectivity index (χ0n) is 11.7. The Labute approximate surface area is 131 Å². The molecule has 20 heavy (non-hydrogen) atoms. The number of nitrogens with two attached hydrogens (primary N) is 1.